The third-order valence-corrected chi connectivity index (χ3v) is 11.8. The first-order valence-electron chi connectivity index (χ1n) is 16.3. The highest BCUT2D eigenvalue weighted by atomic mass is 35.5. The van der Waals surface area contributed by atoms with Gasteiger partial charge in [0, 0.05) is 48.4 Å². The van der Waals surface area contributed by atoms with Crippen LogP contribution < -0.4 is 15.4 Å². The van der Waals surface area contributed by atoms with Gasteiger partial charge in [0.2, 0.25) is 5.91 Å². The monoisotopic (exact) mass is 709 g/mol. The van der Waals surface area contributed by atoms with Crippen LogP contribution in [0.15, 0.2) is 30.9 Å². The van der Waals surface area contributed by atoms with Gasteiger partial charge in [-0.25, -0.2) is 13.2 Å². The second-order valence-electron chi connectivity index (χ2n) is 13.0. The lowest BCUT2D eigenvalue weighted by Crippen LogP contribution is -2.45. The lowest BCUT2D eigenvalue weighted by Gasteiger charge is -2.34. The number of benzene rings is 2. The van der Waals surface area contributed by atoms with Gasteiger partial charge >= 0.3 is 6.01 Å². The summed E-state index contributed by atoms with van der Waals surface area (Å²) in [6.07, 6.45) is 2.98. The second-order valence-corrected chi connectivity index (χ2v) is 14.5. The van der Waals surface area contributed by atoms with E-state index in [-0.39, 0.29) is 72.9 Å². The Bertz CT molecular complexity index is 2050. The largest absolute Gasteiger partial charge is 0.461 e. The molecule has 14 heteroatoms. The Balaban J connectivity index is 1.40. The van der Waals surface area contributed by atoms with Crippen LogP contribution in [0, 0.1) is 23.0 Å². The SMILES string of the molecule is C=CC(=O)N1CCC(N(CC)c2nc(OCC34CCCN3CC(F)C4)nc3c(F)c(-c4ccc(F)c5sc(N)c(C#N)c45)c(Cl)cc23)C1C. The molecule has 5 heterocycles. The van der Waals surface area contributed by atoms with Crippen molar-refractivity contribution in [2.45, 2.75) is 63.3 Å². The number of halogens is 4. The number of hydrogen-bond donors (Lipinski definition) is 1. The van der Waals surface area contributed by atoms with Crippen LogP contribution in [0.2, 0.25) is 5.02 Å². The fraction of sp³-hybridized carbons (Fsp3) is 0.429. The molecule has 9 nitrogen and oxygen atoms in total. The molecule has 3 fully saturated rings. The summed E-state index contributed by atoms with van der Waals surface area (Å²) in [7, 11) is 0. The van der Waals surface area contributed by atoms with Gasteiger partial charge in [0.1, 0.15) is 41.0 Å². The van der Waals surface area contributed by atoms with Crippen molar-refractivity contribution < 1.29 is 22.7 Å². The molecule has 3 aliphatic heterocycles. The molecular weight excluding hydrogens is 675 g/mol. The quantitative estimate of drug-likeness (QED) is 0.198. The van der Waals surface area contributed by atoms with Crippen LogP contribution in [0.25, 0.3) is 32.1 Å². The number of amides is 1. The average molecular weight is 710 g/mol. The summed E-state index contributed by atoms with van der Waals surface area (Å²) in [5.41, 5.74) is 5.66. The molecule has 2 N–H and O–H groups in total. The van der Waals surface area contributed by atoms with Crippen LogP contribution in [0.3, 0.4) is 0 Å². The van der Waals surface area contributed by atoms with Gasteiger partial charge in [-0.1, -0.05) is 24.2 Å². The molecule has 0 aliphatic carbocycles. The van der Waals surface area contributed by atoms with E-state index in [0.717, 1.165) is 30.7 Å². The third-order valence-electron chi connectivity index (χ3n) is 10.5. The Hall–Kier alpha value is -4.12. The number of nitriles is 1. The van der Waals surface area contributed by atoms with E-state index in [1.807, 2.05) is 24.8 Å². The van der Waals surface area contributed by atoms with Crippen molar-refractivity contribution in [3.63, 3.8) is 0 Å². The number of likely N-dealkylation sites (N-methyl/N-ethyl adjacent to an activating group) is 1. The highest BCUT2D eigenvalue weighted by Gasteiger charge is 2.49. The number of thiophene rings is 1. The zero-order valence-corrected chi connectivity index (χ0v) is 28.7. The minimum atomic E-state index is -0.961. The summed E-state index contributed by atoms with van der Waals surface area (Å²) in [6.45, 7) is 9.75. The van der Waals surface area contributed by atoms with Crippen LogP contribution in [-0.4, -0.2) is 82.3 Å². The Morgan fingerprint density at radius 2 is 2.14 bits per heavy atom. The molecule has 4 aromatic rings. The molecule has 256 valence electrons. The van der Waals surface area contributed by atoms with E-state index in [0.29, 0.717) is 43.7 Å². The maximum absolute atomic E-state index is 17.1. The molecule has 1 amide bonds. The van der Waals surface area contributed by atoms with Crippen LogP contribution in [-0.2, 0) is 4.79 Å². The fourth-order valence-electron chi connectivity index (χ4n) is 8.16. The molecule has 0 bridgehead atoms. The van der Waals surface area contributed by atoms with E-state index in [2.05, 4.69) is 16.5 Å². The van der Waals surface area contributed by atoms with Crippen molar-refractivity contribution in [3.8, 4) is 23.2 Å². The number of nitrogens with zero attached hydrogens (tertiary/aromatic N) is 6. The Labute approximate surface area is 290 Å². The molecule has 3 saturated heterocycles. The minimum absolute atomic E-state index is 0.00417. The minimum Gasteiger partial charge on any atom is -0.461 e. The van der Waals surface area contributed by atoms with Crippen molar-refractivity contribution >= 4 is 60.7 Å². The summed E-state index contributed by atoms with van der Waals surface area (Å²) in [4.78, 5) is 27.9. The first-order chi connectivity index (χ1) is 23.5. The summed E-state index contributed by atoms with van der Waals surface area (Å²) in [5.74, 6) is -1.20. The van der Waals surface area contributed by atoms with Crippen molar-refractivity contribution in [1.82, 2.24) is 19.8 Å². The number of anilines is 2. The van der Waals surface area contributed by atoms with Gasteiger partial charge in [-0.05, 0) is 63.4 Å². The number of alkyl halides is 1. The van der Waals surface area contributed by atoms with Crippen molar-refractivity contribution in [2.24, 2.45) is 0 Å². The predicted octanol–water partition coefficient (Wildman–Crippen LogP) is 6.85. The molecule has 0 radical (unpaired) electrons. The highest BCUT2D eigenvalue weighted by Crippen LogP contribution is 2.46. The van der Waals surface area contributed by atoms with E-state index >= 15 is 4.39 Å². The first kappa shape index (κ1) is 33.4. The maximum Gasteiger partial charge on any atom is 0.319 e. The highest BCUT2D eigenvalue weighted by molar-refractivity contribution is 7.23. The molecule has 0 saturated carbocycles. The fourth-order valence-corrected chi connectivity index (χ4v) is 9.40. The van der Waals surface area contributed by atoms with Crippen LogP contribution >= 0.6 is 22.9 Å². The molecule has 4 atom stereocenters. The average Bonchev–Trinajstić information content (AvgIpc) is 3.82. The summed E-state index contributed by atoms with van der Waals surface area (Å²) < 4.78 is 53.0. The number of aromatic nitrogens is 2. The Kier molecular flexibility index (Phi) is 8.61. The summed E-state index contributed by atoms with van der Waals surface area (Å²) >= 11 is 7.79. The predicted molar refractivity (Wildman–Crippen MR) is 186 cm³/mol. The molecule has 4 unspecified atom stereocenters. The van der Waals surface area contributed by atoms with E-state index in [4.69, 9.17) is 27.1 Å². The number of carbonyl (C=O) groups is 1. The number of rotatable bonds is 8. The second kappa shape index (κ2) is 12.6. The lowest BCUT2D eigenvalue weighted by atomic mass is 9.95. The normalized spacial score (nSPS) is 23.7. The number of fused-ring (bicyclic) bond motifs is 3. The van der Waals surface area contributed by atoms with Gasteiger partial charge in [-0.2, -0.15) is 15.2 Å². The maximum atomic E-state index is 17.1. The van der Waals surface area contributed by atoms with Gasteiger partial charge in [0.25, 0.3) is 0 Å². The van der Waals surface area contributed by atoms with E-state index < -0.39 is 23.3 Å². The number of hydrogen-bond acceptors (Lipinski definition) is 9. The third kappa shape index (κ3) is 5.36. The van der Waals surface area contributed by atoms with Crippen LogP contribution in [0.4, 0.5) is 24.0 Å². The van der Waals surface area contributed by atoms with Gasteiger partial charge < -0.3 is 20.3 Å². The Morgan fingerprint density at radius 3 is 2.88 bits per heavy atom. The van der Waals surface area contributed by atoms with E-state index in [1.165, 1.54) is 18.2 Å². The number of likely N-dealkylation sites (tertiary alicyclic amines) is 1. The Morgan fingerprint density at radius 1 is 1.35 bits per heavy atom. The van der Waals surface area contributed by atoms with Crippen LogP contribution in [0.5, 0.6) is 6.01 Å². The zero-order valence-electron chi connectivity index (χ0n) is 27.1. The first-order valence-corrected chi connectivity index (χ1v) is 17.5. The molecule has 0 spiro atoms. The molecule has 2 aromatic carbocycles. The topological polar surface area (TPSA) is 112 Å². The molecule has 3 aliphatic rings. The van der Waals surface area contributed by atoms with Crippen LogP contribution in [0.1, 0.15) is 45.1 Å². The summed E-state index contributed by atoms with van der Waals surface area (Å²) in [6, 6.07) is 5.69. The standard InChI is InChI=1S/C35H35ClF3N7O2S/c1-4-26(47)46-12-9-25(18(46)3)45(5-2)33-21-13-23(36)28(20-7-8-24(38)31-27(20)22(15-40)32(41)49-31)29(39)30(21)42-34(43-33)48-17-35-10-6-11-44(35)16-19(37)14-35/h4,7-8,13,18-19,25H,1,5-6,9-12,14,16-17,41H2,2-3H3. The van der Waals surface area contributed by atoms with Gasteiger partial charge in [-0.3, -0.25) is 9.69 Å². The van der Waals surface area contributed by atoms with Crippen molar-refractivity contribution in [2.75, 3.05) is 43.4 Å². The molecular formula is C35H35ClF3N7O2S. The molecule has 7 rings (SSSR count). The van der Waals surface area contributed by atoms with Gasteiger partial charge in [0.15, 0.2) is 5.82 Å². The molecule has 49 heavy (non-hydrogen) atoms. The van der Waals surface area contributed by atoms with Crippen molar-refractivity contribution in [1.29, 1.82) is 5.26 Å². The van der Waals surface area contributed by atoms with Gasteiger partial charge in [0.05, 0.1) is 26.9 Å². The van der Waals surface area contributed by atoms with Crippen molar-refractivity contribution in [3.05, 3.63) is 53.1 Å². The lowest BCUT2D eigenvalue weighted by molar-refractivity contribution is -0.126. The zero-order chi connectivity index (χ0) is 34.8. The van der Waals surface area contributed by atoms with E-state index in [9.17, 15) is 18.8 Å². The number of ether oxygens (including phenoxy) is 1. The molecule has 2 aromatic heterocycles. The summed E-state index contributed by atoms with van der Waals surface area (Å²) in [5, 5.41) is 10.5. The van der Waals surface area contributed by atoms with E-state index in [1.54, 1.807) is 11.0 Å². The smallest absolute Gasteiger partial charge is 0.319 e. The number of carbonyl (C=O) groups excluding carboxylic acids is 1. The number of nitrogens with two attached hydrogens (primary N) is 1. The van der Waals surface area contributed by atoms with Gasteiger partial charge in [-0.15, -0.1) is 11.3 Å². The number of nitrogen functional groups attached to an aromatic ring is 1.